The third-order valence-electron chi connectivity index (χ3n) is 0.686. The Morgan fingerprint density at radius 1 is 1.70 bits per heavy atom. The maximum Gasteiger partial charge on any atom is 0.303 e. The maximum absolute atomic E-state index is 10.2. The lowest BCUT2D eigenvalue weighted by molar-refractivity contribution is -0.140. The molecule has 3 heteroatoms. The third-order valence-corrected chi connectivity index (χ3v) is 0.686. The van der Waals surface area contributed by atoms with Crippen LogP contribution in [0.25, 0.3) is 0 Å². The van der Waals surface area contributed by atoms with E-state index in [1.165, 1.54) is 13.2 Å². The number of hydrogen-bond acceptors (Lipinski definition) is 3. The van der Waals surface area contributed by atoms with Gasteiger partial charge in [0.05, 0.1) is 6.26 Å². The van der Waals surface area contributed by atoms with Crippen molar-refractivity contribution in [3.63, 3.8) is 0 Å². The molecule has 0 aromatic heterocycles. The van der Waals surface area contributed by atoms with Gasteiger partial charge in [0, 0.05) is 6.92 Å². The Balaban J connectivity index is 3.39. The van der Waals surface area contributed by atoms with E-state index in [9.17, 15) is 4.79 Å². The summed E-state index contributed by atoms with van der Waals surface area (Å²) in [6.07, 6.45) is 1.23. The van der Waals surface area contributed by atoms with Crippen molar-refractivity contribution in [1.82, 2.24) is 0 Å². The quantitative estimate of drug-likeness (QED) is 0.437. The summed E-state index contributed by atoms with van der Waals surface area (Å²) < 4.78 is 9.23. The Hall–Kier alpha value is -1.25. The van der Waals surface area contributed by atoms with E-state index in [0.29, 0.717) is 5.76 Å². The molecule has 0 heterocycles. The van der Waals surface area contributed by atoms with Gasteiger partial charge in [-0.3, -0.25) is 4.79 Å². The van der Waals surface area contributed by atoms with Crippen LogP contribution in [0.2, 0.25) is 0 Å². The standard InChI is InChI=1S/C7H10O3/c1-4-9-6(2)5-10-7(3)8/h4H,1-2,5H2,3H3. The minimum atomic E-state index is -0.353. The second-order valence-corrected chi connectivity index (χ2v) is 1.60. The average molecular weight is 142 g/mol. The Morgan fingerprint density at radius 3 is 2.70 bits per heavy atom. The molecule has 0 aliphatic rings. The SMILES string of the molecule is C=COC(=C)COC(C)=O. The molecule has 3 nitrogen and oxygen atoms in total. The van der Waals surface area contributed by atoms with Gasteiger partial charge in [0.1, 0.15) is 12.4 Å². The summed E-state index contributed by atoms with van der Waals surface area (Å²) in [5, 5.41) is 0. The van der Waals surface area contributed by atoms with E-state index >= 15 is 0 Å². The molecule has 0 aromatic rings. The molecule has 0 bridgehead atoms. The van der Waals surface area contributed by atoms with E-state index in [1.807, 2.05) is 0 Å². The summed E-state index contributed by atoms with van der Waals surface area (Å²) in [6, 6.07) is 0. The van der Waals surface area contributed by atoms with Crippen LogP contribution in [-0.4, -0.2) is 12.6 Å². The molecular formula is C7H10O3. The van der Waals surface area contributed by atoms with E-state index in [4.69, 9.17) is 0 Å². The highest BCUT2D eigenvalue weighted by Crippen LogP contribution is 1.93. The van der Waals surface area contributed by atoms with Crippen molar-refractivity contribution in [2.45, 2.75) is 6.92 Å². The molecule has 10 heavy (non-hydrogen) atoms. The Kier molecular flexibility index (Phi) is 4.04. The highest BCUT2D eigenvalue weighted by Gasteiger charge is 1.95. The lowest BCUT2D eigenvalue weighted by Gasteiger charge is -2.02. The molecule has 0 aliphatic heterocycles. The summed E-state index contributed by atoms with van der Waals surface area (Å²) in [4.78, 5) is 10.2. The fourth-order valence-corrected chi connectivity index (χ4v) is 0.334. The maximum atomic E-state index is 10.2. The molecule has 0 amide bonds. The van der Waals surface area contributed by atoms with Crippen molar-refractivity contribution < 1.29 is 14.3 Å². The highest BCUT2D eigenvalue weighted by atomic mass is 16.6. The van der Waals surface area contributed by atoms with Crippen LogP contribution in [0.3, 0.4) is 0 Å². The second kappa shape index (κ2) is 4.61. The topological polar surface area (TPSA) is 35.5 Å². The summed E-state index contributed by atoms with van der Waals surface area (Å²) in [5.41, 5.74) is 0. The number of ether oxygens (including phenoxy) is 2. The first-order valence-electron chi connectivity index (χ1n) is 2.75. The molecule has 0 unspecified atom stereocenters. The molecule has 56 valence electrons. The van der Waals surface area contributed by atoms with Gasteiger partial charge >= 0.3 is 5.97 Å². The lowest BCUT2D eigenvalue weighted by atomic mass is 10.6. The average Bonchev–Trinajstić information content (AvgIpc) is 1.85. The van der Waals surface area contributed by atoms with Crippen molar-refractivity contribution in [2.24, 2.45) is 0 Å². The zero-order chi connectivity index (χ0) is 7.98. The summed E-state index contributed by atoms with van der Waals surface area (Å²) in [6.45, 7) is 8.16. The van der Waals surface area contributed by atoms with Crippen LogP contribution >= 0.6 is 0 Å². The third kappa shape index (κ3) is 4.90. The largest absolute Gasteiger partial charge is 0.467 e. The van der Waals surface area contributed by atoms with Gasteiger partial charge in [-0.25, -0.2) is 0 Å². The monoisotopic (exact) mass is 142 g/mol. The van der Waals surface area contributed by atoms with E-state index in [-0.39, 0.29) is 12.6 Å². The molecule has 0 aromatic carbocycles. The van der Waals surface area contributed by atoms with Gasteiger partial charge in [0.25, 0.3) is 0 Å². The van der Waals surface area contributed by atoms with Crippen LogP contribution in [0, 0.1) is 0 Å². The molecule has 0 saturated carbocycles. The lowest BCUT2D eigenvalue weighted by Crippen LogP contribution is -2.02. The molecular weight excluding hydrogens is 132 g/mol. The number of carbonyl (C=O) groups is 1. The summed E-state index contributed by atoms with van der Waals surface area (Å²) in [5.74, 6) is 0.0130. The minimum absolute atomic E-state index is 0.0847. The fraction of sp³-hybridized carbons (Fsp3) is 0.286. The van der Waals surface area contributed by atoms with E-state index in [2.05, 4.69) is 22.6 Å². The normalized spacial score (nSPS) is 8.10. The van der Waals surface area contributed by atoms with Crippen LogP contribution < -0.4 is 0 Å². The molecule has 0 fully saturated rings. The predicted octanol–water partition coefficient (Wildman–Crippen LogP) is 1.22. The van der Waals surface area contributed by atoms with Crippen LogP contribution in [0.5, 0.6) is 0 Å². The minimum Gasteiger partial charge on any atom is -0.467 e. The van der Waals surface area contributed by atoms with Gasteiger partial charge in [0.2, 0.25) is 0 Å². The van der Waals surface area contributed by atoms with Crippen LogP contribution in [-0.2, 0) is 14.3 Å². The van der Waals surface area contributed by atoms with Crippen LogP contribution in [0.4, 0.5) is 0 Å². The number of esters is 1. The number of hydrogen-bond donors (Lipinski definition) is 0. The summed E-state index contributed by atoms with van der Waals surface area (Å²) >= 11 is 0. The van der Waals surface area contributed by atoms with Gasteiger partial charge < -0.3 is 9.47 Å². The van der Waals surface area contributed by atoms with Gasteiger partial charge in [-0.15, -0.1) is 0 Å². The number of carbonyl (C=O) groups excluding carboxylic acids is 1. The molecule has 0 aliphatic carbocycles. The molecule has 0 radical (unpaired) electrons. The molecule has 0 saturated heterocycles. The van der Waals surface area contributed by atoms with E-state index in [1.54, 1.807) is 0 Å². The molecule has 0 atom stereocenters. The number of rotatable bonds is 4. The smallest absolute Gasteiger partial charge is 0.303 e. The van der Waals surface area contributed by atoms with Crippen molar-refractivity contribution in [3.8, 4) is 0 Å². The van der Waals surface area contributed by atoms with Gasteiger partial charge in [-0.1, -0.05) is 13.2 Å². The zero-order valence-electron chi connectivity index (χ0n) is 5.92. The first kappa shape index (κ1) is 8.75. The molecule has 0 N–H and O–H groups in total. The van der Waals surface area contributed by atoms with Gasteiger partial charge in [0.15, 0.2) is 0 Å². The van der Waals surface area contributed by atoms with Crippen molar-refractivity contribution in [2.75, 3.05) is 6.61 Å². The Bertz CT molecular complexity index is 149. The second-order valence-electron chi connectivity index (χ2n) is 1.60. The fourth-order valence-electron chi connectivity index (χ4n) is 0.334. The van der Waals surface area contributed by atoms with Crippen molar-refractivity contribution in [1.29, 1.82) is 0 Å². The highest BCUT2D eigenvalue weighted by molar-refractivity contribution is 5.66. The zero-order valence-corrected chi connectivity index (χ0v) is 5.92. The van der Waals surface area contributed by atoms with E-state index < -0.39 is 0 Å². The molecule has 0 rings (SSSR count). The Morgan fingerprint density at radius 2 is 2.30 bits per heavy atom. The van der Waals surface area contributed by atoms with Gasteiger partial charge in [-0.05, 0) is 0 Å². The van der Waals surface area contributed by atoms with Crippen molar-refractivity contribution in [3.05, 3.63) is 25.2 Å². The summed E-state index contributed by atoms with van der Waals surface area (Å²) in [7, 11) is 0. The molecule has 0 spiro atoms. The van der Waals surface area contributed by atoms with E-state index in [0.717, 1.165) is 0 Å². The first-order chi connectivity index (χ1) is 4.66. The predicted molar refractivity (Wildman–Crippen MR) is 37.1 cm³/mol. The van der Waals surface area contributed by atoms with Gasteiger partial charge in [-0.2, -0.15) is 0 Å². The first-order valence-corrected chi connectivity index (χ1v) is 2.75. The van der Waals surface area contributed by atoms with Crippen molar-refractivity contribution >= 4 is 5.97 Å². The van der Waals surface area contributed by atoms with Crippen LogP contribution in [0.1, 0.15) is 6.92 Å². The van der Waals surface area contributed by atoms with Crippen LogP contribution in [0.15, 0.2) is 25.2 Å². The Labute approximate surface area is 59.9 Å².